The number of hydrogen-bond donors (Lipinski definition) is 3. The van der Waals surface area contributed by atoms with Crippen LogP contribution in [0.2, 0.25) is 0 Å². The molecule has 3 N–H and O–H groups in total. The van der Waals surface area contributed by atoms with Crippen LogP contribution in [-0.2, 0) is 16.6 Å². The number of benzene rings is 1. The lowest BCUT2D eigenvalue weighted by Crippen LogP contribution is -2.41. The number of nitrogens with one attached hydrogen (secondary N) is 2. The zero-order valence-electron chi connectivity index (χ0n) is 22.4. The van der Waals surface area contributed by atoms with E-state index in [4.69, 9.17) is 4.74 Å². The molecule has 4 rings (SSSR count). The number of piperidine rings is 1. The van der Waals surface area contributed by atoms with Crippen LogP contribution in [0.1, 0.15) is 49.7 Å². The molecule has 0 spiro atoms. The SMILES string of the molecule is CC(=O)Nc1ncc(C(C)(O)COc2ccnc(C(F)(F)F)n2)c(C2CCN(C(=O)Nc3c(F)cccc3F)CC2)n1. The van der Waals surface area contributed by atoms with Gasteiger partial charge in [-0.15, -0.1) is 0 Å². The molecular formula is C26H26F5N7O4. The van der Waals surface area contributed by atoms with Gasteiger partial charge in [0.25, 0.3) is 0 Å². The first-order valence-electron chi connectivity index (χ1n) is 12.6. The van der Waals surface area contributed by atoms with Gasteiger partial charge in [0.2, 0.25) is 23.6 Å². The summed E-state index contributed by atoms with van der Waals surface area (Å²) in [6, 6.07) is 3.61. The van der Waals surface area contributed by atoms with Gasteiger partial charge in [-0.25, -0.2) is 28.5 Å². The summed E-state index contributed by atoms with van der Waals surface area (Å²) < 4.78 is 72.3. The molecule has 1 atom stereocenters. The molecule has 3 amide bonds. The van der Waals surface area contributed by atoms with Gasteiger partial charge in [-0.3, -0.25) is 10.1 Å². The average molecular weight is 596 g/mol. The Morgan fingerprint density at radius 1 is 1.07 bits per heavy atom. The van der Waals surface area contributed by atoms with E-state index in [1.165, 1.54) is 31.0 Å². The van der Waals surface area contributed by atoms with Gasteiger partial charge >= 0.3 is 12.2 Å². The van der Waals surface area contributed by atoms with Gasteiger partial charge in [-0.05, 0) is 31.9 Å². The van der Waals surface area contributed by atoms with E-state index in [-0.39, 0.29) is 30.5 Å². The number of aromatic nitrogens is 4. The predicted molar refractivity (Wildman–Crippen MR) is 137 cm³/mol. The predicted octanol–water partition coefficient (Wildman–Crippen LogP) is 4.22. The fraction of sp³-hybridized carbons (Fsp3) is 0.385. The van der Waals surface area contributed by atoms with Crippen molar-refractivity contribution in [2.24, 2.45) is 0 Å². The Hall–Kier alpha value is -4.47. The molecule has 1 unspecified atom stereocenters. The number of ether oxygens (including phenoxy) is 1. The van der Waals surface area contributed by atoms with Crippen molar-refractivity contribution in [1.29, 1.82) is 0 Å². The van der Waals surface area contributed by atoms with Crippen LogP contribution in [0.15, 0.2) is 36.7 Å². The maximum absolute atomic E-state index is 14.0. The number of anilines is 2. The van der Waals surface area contributed by atoms with E-state index >= 15 is 0 Å². The van der Waals surface area contributed by atoms with Crippen LogP contribution >= 0.6 is 0 Å². The van der Waals surface area contributed by atoms with Crippen LogP contribution in [0.25, 0.3) is 0 Å². The number of carbonyl (C=O) groups excluding carboxylic acids is 2. The van der Waals surface area contributed by atoms with Crippen LogP contribution in [0, 0.1) is 11.6 Å². The fourth-order valence-corrected chi connectivity index (χ4v) is 4.35. The summed E-state index contributed by atoms with van der Waals surface area (Å²) in [6.07, 6.45) is -2.01. The van der Waals surface area contributed by atoms with Gasteiger partial charge in [0.15, 0.2) is 0 Å². The smallest absolute Gasteiger partial charge is 0.451 e. The van der Waals surface area contributed by atoms with Gasteiger partial charge in [0, 0.05) is 50.0 Å². The van der Waals surface area contributed by atoms with Crippen molar-refractivity contribution in [3.8, 4) is 5.88 Å². The summed E-state index contributed by atoms with van der Waals surface area (Å²) in [5.74, 6) is -4.52. The van der Waals surface area contributed by atoms with E-state index in [1.807, 2.05) is 0 Å². The van der Waals surface area contributed by atoms with E-state index in [0.717, 1.165) is 24.4 Å². The van der Waals surface area contributed by atoms with E-state index < -0.39 is 59.3 Å². The summed E-state index contributed by atoms with van der Waals surface area (Å²) in [6.45, 7) is 2.39. The quantitative estimate of drug-likeness (QED) is 0.345. The molecule has 0 aliphatic carbocycles. The highest BCUT2D eigenvalue weighted by molar-refractivity contribution is 5.89. The molecule has 1 aromatic carbocycles. The second kappa shape index (κ2) is 12.2. The number of carbonyl (C=O) groups is 2. The van der Waals surface area contributed by atoms with Crippen molar-refractivity contribution in [1.82, 2.24) is 24.8 Å². The Morgan fingerprint density at radius 2 is 1.74 bits per heavy atom. The molecule has 1 aliphatic heterocycles. The number of para-hydroxylation sites is 1. The van der Waals surface area contributed by atoms with Crippen molar-refractivity contribution >= 4 is 23.6 Å². The maximum Gasteiger partial charge on any atom is 0.451 e. The Balaban J connectivity index is 1.52. The summed E-state index contributed by atoms with van der Waals surface area (Å²) in [7, 11) is 0. The second-order valence-electron chi connectivity index (χ2n) is 9.74. The third-order valence-electron chi connectivity index (χ3n) is 6.43. The van der Waals surface area contributed by atoms with Crippen LogP contribution in [0.4, 0.5) is 38.4 Å². The van der Waals surface area contributed by atoms with Crippen LogP contribution in [0.5, 0.6) is 5.88 Å². The third-order valence-corrected chi connectivity index (χ3v) is 6.43. The molecule has 11 nitrogen and oxygen atoms in total. The molecule has 1 fully saturated rings. The minimum absolute atomic E-state index is 0.0428. The molecule has 0 saturated carbocycles. The lowest BCUT2D eigenvalue weighted by molar-refractivity contribution is -0.145. The van der Waals surface area contributed by atoms with E-state index in [1.54, 1.807) is 0 Å². The third kappa shape index (κ3) is 7.23. The minimum atomic E-state index is -4.79. The first kappa shape index (κ1) is 30.5. The molecule has 1 aliphatic rings. The zero-order chi connectivity index (χ0) is 30.7. The van der Waals surface area contributed by atoms with Gasteiger partial charge < -0.3 is 20.1 Å². The largest absolute Gasteiger partial charge is 0.474 e. The van der Waals surface area contributed by atoms with Crippen molar-refractivity contribution < 1.29 is 41.4 Å². The summed E-state index contributed by atoms with van der Waals surface area (Å²) in [5.41, 5.74) is -1.89. The number of urea groups is 1. The second-order valence-corrected chi connectivity index (χ2v) is 9.74. The van der Waals surface area contributed by atoms with Gasteiger partial charge in [0.05, 0.1) is 5.69 Å². The number of nitrogens with zero attached hydrogens (tertiary/aromatic N) is 5. The van der Waals surface area contributed by atoms with Gasteiger partial charge in [0.1, 0.15) is 29.5 Å². The summed E-state index contributed by atoms with van der Waals surface area (Å²) >= 11 is 0. The molecule has 16 heteroatoms. The zero-order valence-corrected chi connectivity index (χ0v) is 22.4. The summed E-state index contributed by atoms with van der Waals surface area (Å²) in [4.78, 5) is 40.6. The fourth-order valence-electron chi connectivity index (χ4n) is 4.35. The molecule has 3 aromatic rings. The first-order chi connectivity index (χ1) is 19.7. The molecule has 42 heavy (non-hydrogen) atoms. The number of amides is 3. The van der Waals surface area contributed by atoms with Crippen LogP contribution < -0.4 is 15.4 Å². The monoisotopic (exact) mass is 595 g/mol. The lowest BCUT2D eigenvalue weighted by atomic mass is 9.86. The standard InChI is InChI=1S/C26H26F5N7O4/c1-14(39)34-23-33-12-16(25(2,41)13-42-19-6-9-32-22(35-19)26(29,30)31)20(36-23)15-7-10-38(11-8-15)24(40)37-21-17(27)4-3-5-18(21)28/h3-6,9,12,15,41H,7-8,10-11,13H2,1-2H3,(H,37,40)(H,33,34,36,39). The molecular weight excluding hydrogens is 569 g/mol. The highest BCUT2D eigenvalue weighted by Gasteiger charge is 2.36. The highest BCUT2D eigenvalue weighted by Crippen LogP contribution is 2.35. The molecule has 1 saturated heterocycles. The maximum atomic E-state index is 14.0. The topological polar surface area (TPSA) is 142 Å². The minimum Gasteiger partial charge on any atom is -0.474 e. The number of hydrogen-bond acceptors (Lipinski definition) is 8. The Kier molecular flexibility index (Phi) is 8.84. The molecule has 0 bridgehead atoms. The number of rotatable bonds is 7. The van der Waals surface area contributed by atoms with Crippen molar-refractivity contribution in [3.63, 3.8) is 0 Å². The Bertz CT molecular complexity index is 1440. The number of alkyl halides is 3. The van der Waals surface area contributed by atoms with E-state index in [9.17, 15) is 36.6 Å². The van der Waals surface area contributed by atoms with Gasteiger partial charge in [-0.2, -0.15) is 18.2 Å². The highest BCUT2D eigenvalue weighted by atomic mass is 19.4. The molecule has 224 valence electrons. The Labute approximate surface area is 236 Å². The normalized spacial score (nSPS) is 15.6. The van der Waals surface area contributed by atoms with Crippen LogP contribution in [-0.4, -0.2) is 61.6 Å². The number of likely N-dealkylation sites (tertiary alicyclic amines) is 1. The number of aliphatic hydroxyl groups is 1. The van der Waals surface area contributed by atoms with Gasteiger partial charge in [-0.1, -0.05) is 6.07 Å². The first-order valence-corrected chi connectivity index (χ1v) is 12.6. The van der Waals surface area contributed by atoms with Crippen LogP contribution in [0.3, 0.4) is 0 Å². The average Bonchev–Trinajstić information content (AvgIpc) is 2.93. The molecule has 2 aromatic heterocycles. The van der Waals surface area contributed by atoms with E-state index in [2.05, 4.69) is 30.6 Å². The molecule has 0 radical (unpaired) electrons. The molecule has 3 heterocycles. The Morgan fingerprint density at radius 3 is 2.36 bits per heavy atom. The number of halogens is 5. The van der Waals surface area contributed by atoms with E-state index in [0.29, 0.717) is 18.5 Å². The van der Waals surface area contributed by atoms with Crippen molar-refractivity contribution in [2.75, 3.05) is 30.3 Å². The van der Waals surface area contributed by atoms with Crippen molar-refractivity contribution in [3.05, 3.63) is 65.4 Å². The van der Waals surface area contributed by atoms with Crippen molar-refractivity contribution in [2.45, 2.75) is 44.4 Å². The summed E-state index contributed by atoms with van der Waals surface area (Å²) in [5, 5.41) is 16.0. The lowest BCUT2D eigenvalue weighted by Gasteiger charge is -2.34.